The van der Waals surface area contributed by atoms with Gasteiger partial charge in [0.15, 0.2) is 0 Å². The van der Waals surface area contributed by atoms with Crippen molar-refractivity contribution < 1.29 is 14.3 Å². The largest absolute Gasteiger partial charge is 0.464 e. The van der Waals surface area contributed by atoms with Crippen molar-refractivity contribution in [3.8, 4) is 0 Å². The first-order valence-corrected chi connectivity index (χ1v) is 5.73. The number of nitrogens with two attached hydrogens (primary N) is 1. The summed E-state index contributed by atoms with van der Waals surface area (Å²) in [7, 11) is 0. The predicted octanol–water partition coefficient (Wildman–Crippen LogP) is -0.928. The van der Waals surface area contributed by atoms with Crippen molar-refractivity contribution >= 4 is 17.8 Å². The van der Waals surface area contributed by atoms with E-state index >= 15 is 0 Å². The summed E-state index contributed by atoms with van der Waals surface area (Å²) >= 11 is 0. The Balaban J connectivity index is 1.60. The first-order chi connectivity index (χ1) is 8.63. The first-order valence-electron chi connectivity index (χ1n) is 5.73. The highest BCUT2D eigenvalue weighted by atomic mass is 16.5. The molecule has 0 radical (unpaired) electrons. The molecule has 18 heavy (non-hydrogen) atoms. The Labute approximate surface area is 103 Å². The van der Waals surface area contributed by atoms with E-state index in [2.05, 4.69) is 15.4 Å². The van der Waals surface area contributed by atoms with Crippen LogP contribution in [0.5, 0.6) is 0 Å². The Kier molecular flexibility index (Phi) is 3.75. The summed E-state index contributed by atoms with van der Waals surface area (Å²) in [6.45, 7) is 0.00993. The van der Waals surface area contributed by atoms with Gasteiger partial charge in [-0.25, -0.2) is 9.67 Å². The molecule has 1 aliphatic carbocycles. The molecule has 1 aromatic rings. The molecule has 0 bridgehead atoms. The van der Waals surface area contributed by atoms with Gasteiger partial charge < -0.3 is 15.8 Å². The number of nitrogen functional groups attached to an aromatic ring is 1. The van der Waals surface area contributed by atoms with Crippen LogP contribution in [0.2, 0.25) is 0 Å². The van der Waals surface area contributed by atoms with Crippen LogP contribution >= 0.6 is 0 Å². The van der Waals surface area contributed by atoms with Gasteiger partial charge in [-0.2, -0.15) is 0 Å². The molecule has 0 aliphatic heterocycles. The average molecular weight is 253 g/mol. The van der Waals surface area contributed by atoms with Crippen LogP contribution in [0.25, 0.3) is 0 Å². The molecular formula is C10H15N5O3. The second kappa shape index (κ2) is 5.48. The van der Waals surface area contributed by atoms with E-state index in [9.17, 15) is 9.59 Å². The fraction of sp³-hybridized carbons (Fsp3) is 0.600. The minimum absolute atomic E-state index is 0.0611. The second-order valence-electron chi connectivity index (χ2n) is 4.11. The highest BCUT2D eigenvalue weighted by Crippen LogP contribution is 2.18. The van der Waals surface area contributed by atoms with Crippen LogP contribution in [0, 0.1) is 0 Å². The van der Waals surface area contributed by atoms with Gasteiger partial charge in [-0.3, -0.25) is 9.59 Å². The Hall–Kier alpha value is -2.12. The zero-order valence-electron chi connectivity index (χ0n) is 9.83. The summed E-state index contributed by atoms with van der Waals surface area (Å²) in [5, 5.41) is 6.55. The maximum Gasteiger partial charge on any atom is 0.327 e. The molecule has 1 amide bonds. The fourth-order valence-electron chi connectivity index (χ4n) is 1.35. The van der Waals surface area contributed by atoms with E-state index in [4.69, 9.17) is 10.5 Å². The van der Waals surface area contributed by atoms with Crippen LogP contribution in [-0.4, -0.2) is 39.3 Å². The molecule has 0 saturated heterocycles. The highest BCUT2D eigenvalue weighted by molar-refractivity contribution is 5.77. The zero-order valence-corrected chi connectivity index (χ0v) is 9.83. The van der Waals surface area contributed by atoms with Gasteiger partial charge in [0.2, 0.25) is 11.9 Å². The molecule has 0 unspecified atom stereocenters. The first kappa shape index (κ1) is 12.3. The standard InChI is InChI=1S/C10H15N5O3/c11-10-12-6-15(14-10)5-9(17)18-4-3-8(16)13-7-1-2-7/h6-7H,1-5H2,(H2,11,14)(H,13,16). The van der Waals surface area contributed by atoms with Crippen LogP contribution in [0.3, 0.4) is 0 Å². The van der Waals surface area contributed by atoms with Crippen molar-refractivity contribution in [2.45, 2.75) is 31.8 Å². The molecule has 8 nitrogen and oxygen atoms in total. The molecule has 0 spiro atoms. The number of nitrogens with zero attached hydrogens (tertiary/aromatic N) is 3. The number of nitrogens with one attached hydrogen (secondary N) is 1. The van der Waals surface area contributed by atoms with E-state index in [1.54, 1.807) is 0 Å². The number of anilines is 1. The number of carbonyl (C=O) groups excluding carboxylic acids is 2. The Bertz CT molecular complexity index is 440. The van der Waals surface area contributed by atoms with Crippen LogP contribution in [0.15, 0.2) is 6.33 Å². The van der Waals surface area contributed by atoms with Crippen molar-refractivity contribution in [1.29, 1.82) is 0 Å². The topological polar surface area (TPSA) is 112 Å². The molecule has 3 N–H and O–H groups in total. The summed E-state index contributed by atoms with van der Waals surface area (Å²) in [4.78, 5) is 26.3. The van der Waals surface area contributed by atoms with Crippen molar-refractivity contribution in [3.63, 3.8) is 0 Å². The number of hydrogen-bond acceptors (Lipinski definition) is 6. The number of carbonyl (C=O) groups is 2. The van der Waals surface area contributed by atoms with Gasteiger partial charge in [-0.05, 0) is 12.8 Å². The monoisotopic (exact) mass is 253 g/mol. The van der Waals surface area contributed by atoms with Gasteiger partial charge in [0.1, 0.15) is 19.5 Å². The predicted molar refractivity (Wildman–Crippen MR) is 61.2 cm³/mol. The lowest BCUT2D eigenvalue weighted by Gasteiger charge is -2.05. The Morgan fingerprint density at radius 1 is 1.56 bits per heavy atom. The lowest BCUT2D eigenvalue weighted by atomic mass is 10.4. The maximum absolute atomic E-state index is 11.4. The maximum atomic E-state index is 11.4. The van der Waals surface area contributed by atoms with Crippen molar-refractivity contribution in [1.82, 2.24) is 20.1 Å². The molecule has 1 aromatic heterocycles. The van der Waals surface area contributed by atoms with Crippen molar-refractivity contribution in [2.24, 2.45) is 0 Å². The van der Waals surface area contributed by atoms with E-state index < -0.39 is 5.97 Å². The van der Waals surface area contributed by atoms with E-state index in [-0.39, 0.29) is 31.4 Å². The fourth-order valence-corrected chi connectivity index (χ4v) is 1.35. The third-order valence-corrected chi connectivity index (χ3v) is 2.38. The van der Waals surface area contributed by atoms with Gasteiger partial charge in [0.25, 0.3) is 0 Å². The summed E-state index contributed by atoms with van der Waals surface area (Å²) in [5.41, 5.74) is 5.30. The van der Waals surface area contributed by atoms with E-state index in [1.807, 2.05) is 0 Å². The van der Waals surface area contributed by atoms with Crippen molar-refractivity contribution in [3.05, 3.63) is 6.33 Å². The van der Waals surface area contributed by atoms with Crippen LogP contribution in [0.1, 0.15) is 19.3 Å². The third-order valence-electron chi connectivity index (χ3n) is 2.38. The van der Waals surface area contributed by atoms with Gasteiger partial charge in [0, 0.05) is 6.04 Å². The third kappa shape index (κ3) is 4.04. The van der Waals surface area contributed by atoms with Gasteiger partial charge >= 0.3 is 5.97 Å². The molecule has 1 saturated carbocycles. The number of aromatic nitrogens is 3. The minimum atomic E-state index is -0.473. The zero-order chi connectivity index (χ0) is 13.0. The second-order valence-corrected chi connectivity index (χ2v) is 4.11. The van der Waals surface area contributed by atoms with E-state index in [0.29, 0.717) is 6.04 Å². The summed E-state index contributed by atoms with van der Waals surface area (Å²) in [6, 6.07) is 0.325. The molecule has 1 heterocycles. The van der Waals surface area contributed by atoms with E-state index in [0.717, 1.165) is 12.8 Å². The number of esters is 1. The SMILES string of the molecule is Nc1ncn(CC(=O)OCCC(=O)NC2CC2)n1. The summed E-state index contributed by atoms with van der Waals surface area (Å²) in [5.74, 6) is -0.457. The van der Waals surface area contributed by atoms with Crippen molar-refractivity contribution in [2.75, 3.05) is 12.3 Å². The number of rotatable bonds is 6. The highest BCUT2D eigenvalue weighted by Gasteiger charge is 2.22. The van der Waals surface area contributed by atoms with Crippen LogP contribution in [0.4, 0.5) is 5.95 Å². The summed E-state index contributed by atoms with van der Waals surface area (Å²) < 4.78 is 6.18. The quantitative estimate of drug-likeness (QED) is 0.633. The molecule has 98 valence electrons. The molecule has 1 fully saturated rings. The van der Waals surface area contributed by atoms with Crippen LogP contribution < -0.4 is 11.1 Å². The molecule has 0 atom stereocenters. The van der Waals surface area contributed by atoms with Gasteiger partial charge in [-0.1, -0.05) is 0 Å². The number of amides is 1. The molecular weight excluding hydrogens is 238 g/mol. The number of ether oxygens (including phenoxy) is 1. The lowest BCUT2D eigenvalue weighted by molar-refractivity contribution is -0.145. The Morgan fingerprint density at radius 3 is 2.94 bits per heavy atom. The number of hydrogen-bond donors (Lipinski definition) is 2. The Morgan fingerprint density at radius 2 is 2.33 bits per heavy atom. The normalized spacial score (nSPS) is 14.2. The molecule has 2 rings (SSSR count). The average Bonchev–Trinajstić information content (AvgIpc) is 3.01. The summed E-state index contributed by atoms with van der Waals surface area (Å²) in [6.07, 6.45) is 3.61. The molecule has 1 aliphatic rings. The smallest absolute Gasteiger partial charge is 0.327 e. The van der Waals surface area contributed by atoms with E-state index in [1.165, 1.54) is 11.0 Å². The van der Waals surface area contributed by atoms with Crippen LogP contribution in [-0.2, 0) is 20.9 Å². The molecule has 0 aromatic carbocycles. The minimum Gasteiger partial charge on any atom is -0.464 e. The molecule has 8 heteroatoms. The van der Waals surface area contributed by atoms with Gasteiger partial charge in [0.05, 0.1) is 6.42 Å². The lowest BCUT2D eigenvalue weighted by Crippen LogP contribution is -2.27. The van der Waals surface area contributed by atoms with Gasteiger partial charge in [-0.15, -0.1) is 5.10 Å².